The van der Waals surface area contributed by atoms with Gasteiger partial charge >= 0.3 is 0 Å². The van der Waals surface area contributed by atoms with Crippen LogP contribution in [0.1, 0.15) is 24.5 Å². The number of benzene rings is 1. The number of hydrogen-bond acceptors (Lipinski definition) is 2. The molecule has 1 aromatic rings. The van der Waals surface area contributed by atoms with Gasteiger partial charge in [-0.3, -0.25) is 0 Å². The molecule has 2 N–H and O–H groups in total. The summed E-state index contributed by atoms with van der Waals surface area (Å²) in [4.78, 5) is 1.38. The fraction of sp³-hybridized carbons (Fsp3) is 0.500. The standard InChI is InChI=1S/C12H19NS/c1-4-11(8-13)14-12-7-9(2)5-6-10(12)3/h5-7,11H,4,8,13H2,1-3H3. The summed E-state index contributed by atoms with van der Waals surface area (Å²) in [6, 6.07) is 6.59. The Balaban J connectivity index is 2.79. The highest BCUT2D eigenvalue weighted by Crippen LogP contribution is 2.28. The molecule has 0 aromatic heterocycles. The Morgan fingerprint density at radius 2 is 2.07 bits per heavy atom. The molecule has 78 valence electrons. The van der Waals surface area contributed by atoms with E-state index in [0.717, 1.165) is 13.0 Å². The van der Waals surface area contributed by atoms with Gasteiger partial charge in [0, 0.05) is 16.7 Å². The predicted octanol–water partition coefficient (Wildman–Crippen LogP) is 3.13. The van der Waals surface area contributed by atoms with Gasteiger partial charge in [0.25, 0.3) is 0 Å². The summed E-state index contributed by atoms with van der Waals surface area (Å²) in [5.74, 6) is 0. The molecule has 0 heterocycles. The number of hydrogen-bond donors (Lipinski definition) is 1. The second kappa shape index (κ2) is 5.42. The fourth-order valence-corrected chi connectivity index (χ4v) is 2.44. The summed E-state index contributed by atoms with van der Waals surface area (Å²) >= 11 is 1.90. The van der Waals surface area contributed by atoms with Crippen molar-refractivity contribution >= 4 is 11.8 Å². The Bertz CT molecular complexity index is 292. The number of nitrogens with two attached hydrogens (primary N) is 1. The largest absolute Gasteiger partial charge is 0.329 e. The number of rotatable bonds is 4. The molecule has 0 aliphatic rings. The van der Waals surface area contributed by atoms with E-state index in [4.69, 9.17) is 5.73 Å². The van der Waals surface area contributed by atoms with Crippen LogP contribution >= 0.6 is 11.8 Å². The molecule has 0 aliphatic carbocycles. The molecule has 2 heteroatoms. The van der Waals surface area contributed by atoms with Crippen molar-refractivity contribution in [2.45, 2.75) is 37.3 Å². The van der Waals surface area contributed by atoms with Crippen molar-refractivity contribution in [3.05, 3.63) is 29.3 Å². The Morgan fingerprint density at radius 1 is 1.36 bits per heavy atom. The lowest BCUT2D eigenvalue weighted by molar-refractivity contribution is 0.826. The molecule has 0 fully saturated rings. The Kier molecular flexibility index (Phi) is 4.49. The minimum absolute atomic E-state index is 0.551. The second-order valence-electron chi connectivity index (χ2n) is 3.65. The lowest BCUT2D eigenvalue weighted by atomic mass is 10.2. The summed E-state index contributed by atoms with van der Waals surface area (Å²) in [5, 5.41) is 0.551. The Labute approximate surface area is 91.1 Å². The minimum atomic E-state index is 0.551. The molecule has 0 amide bonds. The van der Waals surface area contributed by atoms with E-state index < -0.39 is 0 Å². The average molecular weight is 209 g/mol. The molecule has 0 spiro atoms. The molecular formula is C12H19NS. The molecule has 1 aromatic carbocycles. The first-order valence-electron chi connectivity index (χ1n) is 5.11. The van der Waals surface area contributed by atoms with Gasteiger partial charge in [-0.05, 0) is 31.9 Å². The monoisotopic (exact) mass is 209 g/mol. The van der Waals surface area contributed by atoms with Crippen LogP contribution in [0.4, 0.5) is 0 Å². The lowest BCUT2D eigenvalue weighted by Gasteiger charge is -2.13. The van der Waals surface area contributed by atoms with Crippen LogP contribution in [-0.4, -0.2) is 11.8 Å². The van der Waals surface area contributed by atoms with Gasteiger partial charge in [0.15, 0.2) is 0 Å². The second-order valence-corrected chi connectivity index (χ2v) is 4.99. The molecule has 0 saturated carbocycles. The van der Waals surface area contributed by atoms with Gasteiger partial charge in [0.2, 0.25) is 0 Å². The zero-order valence-corrected chi connectivity index (χ0v) is 10.0. The van der Waals surface area contributed by atoms with Crippen molar-refractivity contribution in [2.75, 3.05) is 6.54 Å². The van der Waals surface area contributed by atoms with Crippen molar-refractivity contribution in [3.8, 4) is 0 Å². The maximum Gasteiger partial charge on any atom is 0.0215 e. The first-order valence-corrected chi connectivity index (χ1v) is 5.99. The molecule has 0 radical (unpaired) electrons. The maximum atomic E-state index is 5.70. The highest BCUT2D eigenvalue weighted by molar-refractivity contribution is 8.00. The van der Waals surface area contributed by atoms with Crippen molar-refractivity contribution in [1.29, 1.82) is 0 Å². The van der Waals surface area contributed by atoms with Crippen LogP contribution in [0, 0.1) is 13.8 Å². The van der Waals surface area contributed by atoms with Crippen molar-refractivity contribution in [2.24, 2.45) is 5.73 Å². The highest BCUT2D eigenvalue weighted by atomic mass is 32.2. The van der Waals surface area contributed by atoms with Crippen molar-refractivity contribution < 1.29 is 0 Å². The van der Waals surface area contributed by atoms with Crippen LogP contribution in [0.15, 0.2) is 23.1 Å². The number of thioether (sulfide) groups is 1. The van der Waals surface area contributed by atoms with Crippen LogP contribution in [0.25, 0.3) is 0 Å². The van der Waals surface area contributed by atoms with Gasteiger partial charge in [0.1, 0.15) is 0 Å². The van der Waals surface area contributed by atoms with E-state index >= 15 is 0 Å². The van der Waals surface area contributed by atoms with Crippen molar-refractivity contribution in [3.63, 3.8) is 0 Å². The van der Waals surface area contributed by atoms with Crippen LogP contribution in [0.5, 0.6) is 0 Å². The van der Waals surface area contributed by atoms with Crippen LogP contribution in [-0.2, 0) is 0 Å². The van der Waals surface area contributed by atoms with Gasteiger partial charge in [-0.1, -0.05) is 24.6 Å². The van der Waals surface area contributed by atoms with E-state index in [1.807, 2.05) is 11.8 Å². The van der Waals surface area contributed by atoms with E-state index in [1.54, 1.807) is 0 Å². The van der Waals surface area contributed by atoms with Crippen LogP contribution in [0.3, 0.4) is 0 Å². The SMILES string of the molecule is CCC(CN)Sc1cc(C)ccc1C. The number of aryl methyl sites for hydroxylation is 2. The van der Waals surface area contributed by atoms with Gasteiger partial charge < -0.3 is 5.73 Å². The van der Waals surface area contributed by atoms with Crippen LogP contribution in [0.2, 0.25) is 0 Å². The fourth-order valence-electron chi connectivity index (χ4n) is 1.31. The topological polar surface area (TPSA) is 26.0 Å². The maximum absolute atomic E-state index is 5.70. The molecule has 1 rings (SSSR count). The van der Waals surface area contributed by atoms with E-state index in [2.05, 4.69) is 39.0 Å². The Morgan fingerprint density at radius 3 is 2.64 bits per heavy atom. The molecule has 1 nitrogen and oxygen atoms in total. The molecule has 1 atom stereocenters. The summed E-state index contributed by atoms with van der Waals surface area (Å²) in [6.07, 6.45) is 1.13. The van der Waals surface area contributed by atoms with Crippen LogP contribution < -0.4 is 5.73 Å². The summed E-state index contributed by atoms with van der Waals surface area (Å²) in [6.45, 7) is 7.24. The van der Waals surface area contributed by atoms with E-state index in [1.165, 1.54) is 16.0 Å². The molecular weight excluding hydrogens is 190 g/mol. The highest BCUT2D eigenvalue weighted by Gasteiger charge is 2.07. The first-order chi connectivity index (χ1) is 6.67. The van der Waals surface area contributed by atoms with Gasteiger partial charge in [0.05, 0.1) is 0 Å². The summed E-state index contributed by atoms with van der Waals surface area (Å²) in [7, 11) is 0. The predicted molar refractivity (Wildman–Crippen MR) is 64.9 cm³/mol. The molecule has 1 unspecified atom stereocenters. The third kappa shape index (κ3) is 3.03. The third-order valence-electron chi connectivity index (χ3n) is 2.36. The molecule has 14 heavy (non-hydrogen) atoms. The first kappa shape index (κ1) is 11.6. The molecule has 0 bridgehead atoms. The molecule has 0 aliphatic heterocycles. The average Bonchev–Trinajstić information content (AvgIpc) is 2.19. The summed E-state index contributed by atoms with van der Waals surface area (Å²) in [5.41, 5.74) is 8.38. The lowest BCUT2D eigenvalue weighted by Crippen LogP contribution is -2.15. The minimum Gasteiger partial charge on any atom is -0.329 e. The third-order valence-corrected chi connectivity index (χ3v) is 3.91. The summed E-state index contributed by atoms with van der Waals surface area (Å²) < 4.78 is 0. The molecule has 0 saturated heterocycles. The quantitative estimate of drug-likeness (QED) is 0.771. The van der Waals surface area contributed by atoms with E-state index in [9.17, 15) is 0 Å². The zero-order valence-electron chi connectivity index (χ0n) is 9.21. The zero-order chi connectivity index (χ0) is 10.6. The van der Waals surface area contributed by atoms with Gasteiger partial charge in [-0.2, -0.15) is 0 Å². The van der Waals surface area contributed by atoms with E-state index in [-0.39, 0.29) is 0 Å². The Hall–Kier alpha value is -0.470. The van der Waals surface area contributed by atoms with Gasteiger partial charge in [-0.15, -0.1) is 11.8 Å². The smallest absolute Gasteiger partial charge is 0.0215 e. The van der Waals surface area contributed by atoms with E-state index in [0.29, 0.717) is 5.25 Å². The van der Waals surface area contributed by atoms with Gasteiger partial charge in [-0.25, -0.2) is 0 Å². The normalized spacial score (nSPS) is 12.9. The van der Waals surface area contributed by atoms with Crippen molar-refractivity contribution in [1.82, 2.24) is 0 Å².